The highest BCUT2D eigenvalue weighted by atomic mass is 16.5. The number of likely N-dealkylation sites (N-methyl/N-ethyl adjacent to an activating group) is 1. The Morgan fingerprint density at radius 3 is 2.48 bits per heavy atom. The van der Waals surface area contributed by atoms with Gasteiger partial charge >= 0.3 is 12.0 Å². The molecule has 21 heavy (non-hydrogen) atoms. The second kappa shape index (κ2) is 7.05. The molecule has 1 saturated heterocycles. The van der Waals surface area contributed by atoms with Crippen LogP contribution in [0.4, 0.5) is 11.9 Å². The van der Waals surface area contributed by atoms with Gasteiger partial charge in [0.2, 0.25) is 11.9 Å². The van der Waals surface area contributed by atoms with Crippen LogP contribution in [0.5, 0.6) is 6.01 Å². The molecular formula is C13H21N5O3. The number of carboxylic acids is 1. The number of carboxylic acid groups (broad SMARTS) is 1. The number of hydrogen-bond donors (Lipinski definition) is 1. The number of ether oxygens (including phenoxy) is 1. The summed E-state index contributed by atoms with van der Waals surface area (Å²) in [5.41, 5.74) is 0. The van der Waals surface area contributed by atoms with E-state index in [1.807, 2.05) is 0 Å². The number of anilines is 2. The molecule has 0 saturated carbocycles. The molecule has 0 aliphatic carbocycles. The Morgan fingerprint density at radius 1 is 1.24 bits per heavy atom. The average molecular weight is 295 g/mol. The van der Waals surface area contributed by atoms with Crippen molar-refractivity contribution in [3.63, 3.8) is 0 Å². The molecule has 2 rings (SSSR count). The molecular weight excluding hydrogens is 274 g/mol. The predicted molar refractivity (Wildman–Crippen MR) is 78.0 cm³/mol. The third kappa shape index (κ3) is 4.17. The molecule has 0 radical (unpaired) electrons. The number of carbonyl (C=O) groups is 1. The molecule has 1 aromatic heterocycles. The summed E-state index contributed by atoms with van der Waals surface area (Å²) >= 11 is 0. The minimum Gasteiger partial charge on any atom is -0.480 e. The summed E-state index contributed by atoms with van der Waals surface area (Å²) in [5.74, 6) is -0.0762. The summed E-state index contributed by atoms with van der Waals surface area (Å²) in [5, 5.41) is 8.87. The maximum atomic E-state index is 10.8. The first kappa shape index (κ1) is 15.3. The van der Waals surface area contributed by atoms with Gasteiger partial charge in [-0.3, -0.25) is 4.79 Å². The number of rotatable bonds is 5. The third-order valence-corrected chi connectivity index (χ3v) is 3.38. The molecule has 0 amide bonds. The van der Waals surface area contributed by atoms with Gasteiger partial charge in [-0.05, 0) is 12.8 Å². The molecule has 8 nitrogen and oxygen atoms in total. The van der Waals surface area contributed by atoms with Crippen LogP contribution in [0.15, 0.2) is 0 Å². The van der Waals surface area contributed by atoms with Crippen molar-refractivity contribution in [3.05, 3.63) is 0 Å². The van der Waals surface area contributed by atoms with Crippen LogP contribution in [-0.2, 0) is 4.79 Å². The number of aliphatic carboxylic acids is 1. The lowest BCUT2D eigenvalue weighted by Crippen LogP contribution is -2.30. The Bertz CT molecular complexity index is 489. The van der Waals surface area contributed by atoms with Gasteiger partial charge in [0.25, 0.3) is 0 Å². The Balaban J connectivity index is 2.25. The molecule has 1 aromatic rings. The summed E-state index contributed by atoms with van der Waals surface area (Å²) in [7, 11) is 3.12. The van der Waals surface area contributed by atoms with E-state index in [1.54, 1.807) is 7.05 Å². The first-order chi connectivity index (χ1) is 10.1. The minimum absolute atomic E-state index is 0.174. The smallest absolute Gasteiger partial charge is 0.323 e. The quantitative estimate of drug-likeness (QED) is 0.852. The Labute approximate surface area is 123 Å². The predicted octanol–water partition coefficient (Wildman–Crippen LogP) is 0.781. The fraction of sp³-hybridized carbons (Fsp3) is 0.692. The number of methoxy groups -OCH3 is 1. The lowest BCUT2D eigenvalue weighted by atomic mass is 10.2. The van der Waals surface area contributed by atoms with Crippen LogP contribution < -0.4 is 14.5 Å². The van der Waals surface area contributed by atoms with Crippen molar-refractivity contribution in [2.24, 2.45) is 0 Å². The monoisotopic (exact) mass is 295 g/mol. The zero-order valence-electron chi connectivity index (χ0n) is 12.4. The number of nitrogens with zero attached hydrogens (tertiary/aromatic N) is 5. The third-order valence-electron chi connectivity index (χ3n) is 3.38. The van der Waals surface area contributed by atoms with E-state index in [4.69, 9.17) is 9.84 Å². The van der Waals surface area contributed by atoms with Crippen LogP contribution in [-0.4, -0.2) is 59.8 Å². The van der Waals surface area contributed by atoms with Crippen LogP contribution in [0, 0.1) is 0 Å². The van der Waals surface area contributed by atoms with E-state index in [-0.39, 0.29) is 12.6 Å². The normalized spacial score (nSPS) is 15.4. The molecule has 1 aliphatic heterocycles. The summed E-state index contributed by atoms with van der Waals surface area (Å²) in [4.78, 5) is 27.2. The first-order valence-corrected chi connectivity index (χ1v) is 7.08. The molecule has 0 atom stereocenters. The molecule has 1 aliphatic rings. The van der Waals surface area contributed by atoms with E-state index >= 15 is 0 Å². The van der Waals surface area contributed by atoms with Crippen molar-refractivity contribution in [1.29, 1.82) is 0 Å². The molecule has 116 valence electrons. The fourth-order valence-electron chi connectivity index (χ4n) is 2.28. The van der Waals surface area contributed by atoms with Crippen molar-refractivity contribution in [3.8, 4) is 6.01 Å². The molecule has 0 unspecified atom stereocenters. The highest BCUT2D eigenvalue weighted by Crippen LogP contribution is 2.20. The zero-order valence-corrected chi connectivity index (χ0v) is 12.4. The summed E-state index contributed by atoms with van der Waals surface area (Å²) in [6.07, 6.45) is 4.64. The largest absolute Gasteiger partial charge is 0.480 e. The fourth-order valence-corrected chi connectivity index (χ4v) is 2.28. The van der Waals surface area contributed by atoms with Gasteiger partial charge in [0.15, 0.2) is 0 Å². The van der Waals surface area contributed by atoms with Crippen LogP contribution in [0.2, 0.25) is 0 Å². The van der Waals surface area contributed by atoms with Crippen molar-refractivity contribution >= 4 is 17.9 Å². The minimum atomic E-state index is -0.937. The molecule has 1 fully saturated rings. The molecule has 0 bridgehead atoms. The molecule has 0 aromatic carbocycles. The standard InChI is InChI=1S/C13H21N5O3/c1-17(9-10(19)20)11-14-12(16-13(15-11)21-2)18-7-5-3-4-6-8-18/h3-9H2,1-2H3,(H,19,20). The van der Waals surface area contributed by atoms with E-state index < -0.39 is 5.97 Å². The lowest BCUT2D eigenvalue weighted by molar-refractivity contribution is -0.135. The molecule has 1 N–H and O–H groups in total. The van der Waals surface area contributed by atoms with Crippen LogP contribution >= 0.6 is 0 Å². The van der Waals surface area contributed by atoms with Gasteiger partial charge in [0.1, 0.15) is 6.54 Å². The average Bonchev–Trinajstić information content (AvgIpc) is 2.75. The van der Waals surface area contributed by atoms with Gasteiger partial charge in [-0.2, -0.15) is 15.0 Å². The van der Waals surface area contributed by atoms with E-state index in [2.05, 4.69) is 19.9 Å². The topological polar surface area (TPSA) is 91.7 Å². The van der Waals surface area contributed by atoms with Gasteiger partial charge in [-0.25, -0.2) is 0 Å². The number of hydrogen-bond acceptors (Lipinski definition) is 7. The Kier molecular flexibility index (Phi) is 5.13. The highest BCUT2D eigenvalue weighted by molar-refractivity contribution is 5.72. The van der Waals surface area contributed by atoms with Crippen LogP contribution in [0.1, 0.15) is 25.7 Å². The van der Waals surface area contributed by atoms with Gasteiger partial charge in [0.05, 0.1) is 7.11 Å². The number of aromatic nitrogens is 3. The molecule has 8 heteroatoms. The van der Waals surface area contributed by atoms with Gasteiger partial charge in [-0.15, -0.1) is 0 Å². The Hall–Kier alpha value is -2.12. The Morgan fingerprint density at radius 2 is 1.90 bits per heavy atom. The second-order valence-electron chi connectivity index (χ2n) is 5.07. The van der Waals surface area contributed by atoms with E-state index in [0.29, 0.717) is 11.9 Å². The summed E-state index contributed by atoms with van der Waals surface area (Å²) < 4.78 is 5.11. The summed E-state index contributed by atoms with van der Waals surface area (Å²) in [6, 6.07) is 0.205. The molecule has 0 spiro atoms. The highest BCUT2D eigenvalue weighted by Gasteiger charge is 2.18. The van der Waals surface area contributed by atoms with Crippen molar-refractivity contribution in [2.75, 3.05) is 43.6 Å². The lowest BCUT2D eigenvalue weighted by Gasteiger charge is -2.22. The van der Waals surface area contributed by atoms with Gasteiger partial charge in [0, 0.05) is 20.1 Å². The van der Waals surface area contributed by atoms with Crippen molar-refractivity contribution in [2.45, 2.75) is 25.7 Å². The summed E-state index contributed by atoms with van der Waals surface area (Å²) in [6.45, 7) is 1.62. The zero-order chi connectivity index (χ0) is 15.2. The van der Waals surface area contributed by atoms with Crippen LogP contribution in [0.3, 0.4) is 0 Å². The first-order valence-electron chi connectivity index (χ1n) is 7.08. The maximum absolute atomic E-state index is 10.8. The van der Waals surface area contributed by atoms with Crippen molar-refractivity contribution in [1.82, 2.24) is 15.0 Å². The molecule has 2 heterocycles. The van der Waals surface area contributed by atoms with Gasteiger partial charge < -0.3 is 19.6 Å². The van der Waals surface area contributed by atoms with Crippen molar-refractivity contribution < 1.29 is 14.6 Å². The second-order valence-corrected chi connectivity index (χ2v) is 5.07. The van der Waals surface area contributed by atoms with E-state index in [9.17, 15) is 4.79 Å². The van der Waals surface area contributed by atoms with E-state index in [1.165, 1.54) is 24.9 Å². The SMILES string of the molecule is COc1nc(N(C)CC(=O)O)nc(N2CCCCCC2)n1. The van der Waals surface area contributed by atoms with E-state index in [0.717, 1.165) is 25.9 Å². The van der Waals surface area contributed by atoms with Crippen LogP contribution in [0.25, 0.3) is 0 Å². The maximum Gasteiger partial charge on any atom is 0.323 e. The van der Waals surface area contributed by atoms with Gasteiger partial charge in [-0.1, -0.05) is 12.8 Å².